The fourth-order valence-corrected chi connectivity index (χ4v) is 3.49. The second kappa shape index (κ2) is 8.58. The molecule has 1 amide bonds. The van der Waals surface area contributed by atoms with Crippen molar-refractivity contribution in [3.63, 3.8) is 0 Å². The second-order valence-electron chi connectivity index (χ2n) is 6.15. The van der Waals surface area contributed by atoms with Gasteiger partial charge in [0, 0.05) is 11.3 Å². The van der Waals surface area contributed by atoms with E-state index in [-0.39, 0.29) is 5.91 Å². The number of hydrogen-bond donors (Lipinski definition) is 1. The highest BCUT2D eigenvalue weighted by atomic mass is 32.1. The van der Waals surface area contributed by atoms with Crippen molar-refractivity contribution in [2.75, 3.05) is 12.4 Å². The van der Waals surface area contributed by atoms with Gasteiger partial charge >= 0.3 is 0 Å². The first kappa shape index (κ1) is 18.7. The number of rotatable bonds is 6. The lowest BCUT2D eigenvalue weighted by Gasteiger charge is -2.07. The zero-order chi connectivity index (χ0) is 20.1. The van der Waals surface area contributed by atoms with E-state index < -0.39 is 0 Å². The van der Waals surface area contributed by atoms with Gasteiger partial charge in [-0.1, -0.05) is 18.2 Å². The lowest BCUT2D eigenvalue weighted by Crippen LogP contribution is -2.09. The highest BCUT2D eigenvalue weighted by Crippen LogP contribution is 2.28. The molecule has 1 N–H and O–H groups in total. The molecule has 0 saturated carbocycles. The van der Waals surface area contributed by atoms with Gasteiger partial charge in [0.2, 0.25) is 0 Å². The number of para-hydroxylation sites is 1. The molecule has 0 aliphatic rings. The highest BCUT2D eigenvalue weighted by molar-refractivity contribution is 7.17. The topological polar surface area (TPSA) is 60.5 Å². The number of ether oxygens (including phenoxy) is 2. The Hall–Kier alpha value is -3.64. The predicted molar refractivity (Wildman–Crippen MR) is 115 cm³/mol. The van der Waals surface area contributed by atoms with Gasteiger partial charge < -0.3 is 14.8 Å². The molecule has 0 bridgehead atoms. The van der Waals surface area contributed by atoms with Crippen molar-refractivity contribution in [3.05, 3.63) is 89.9 Å². The van der Waals surface area contributed by atoms with Gasteiger partial charge in [0.25, 0.3) is 5.91 Å². The maximum Gasteiger partial charge on any atom is 0.267 e. The molecule has 29 heavy (non-hydrogen) atoms. The van der Waals surface area contributed by atoms with Crippen molar-refractivity contribution in [3.8, 4) is 27.8 Å². The molecule has 0 fully saturated rings. The summed E-state index contributed by atoms with van der Waals surface area (Å²) in [6.07, 6.45) is 1.59. The van der Waals surface area contributed by atoms with E-state index in [2.05, 4.69) is 10.3 Å². The van der Waals surface area contributed by atoms with E-state index in [0.717, 1.165) is 22.1 Å². The van der Waals surface area contributed by atoms with Crippen LogP contribution in [0.15, 0.2) is 85.1 Å². The van der Waals surface area contributed by atoms with E-state index in [1.807, 2.05) is 78.9 Å². The smallest absolute Gasteiger partial charge is 0.267 e. The van der Waals surface area contributed by atoms with Gasteiger partial charge in [-0.25, -0.2) is 4.98 Å². The number of carbonyl (C=O) groups excluding carboxylic acids is 1. The fourth-order valence-electron chi connectivity index (χ4n) is 2.67. The zero-order valence-electron chi connectivity index (χ0n) is 15.7. The number of thiazole rings is 1. The molecule has 3 aromatic carbocycles. The van der Waals surface area contributed by atoms with Crippen molar-refractivity contribution in [2.24, 2.45) is 0 Å². The molecule has 0 saturated heterocycles. The average Bonchev–Trinajstić information content (AvgIpc) is 3.26. The van der Waals surface area contributed by atoms with Crippen molar-refractivity contribution in [2.45, 2.75) is 0 Å². The van der Waals surface area contributed by atoms with Crippen LogP contribution in [-0.4, -0.2) is 18.0 Å². The Kier molecular flexibility index (Phi) is 5.54. The third-order valence-electron chi connectivity index (χ3n) is 4.16. The number of amides is 1. The molecule has 0 radical (unpaired) electrons. The Balaban J connectivity index is 1.41. The Morgan fingerprint density at radius 3 is 2.21 bits per heavy atom. The average molecular weight is 402 g/mol. The molecule has 1 heterocycles. The minimum absolute atomic E-state index is 0.195. The second-order valence-corrected chi connectivity index (χ2v) is 7.18. The molecule has 0 aliphatic carbocycles. The third kappa shape index (κ3) is 4.62. The maximum atomic E-state index is 12.5. The lowest BCUT2D eigenvalue weighted by molar-refractivity contribution is 0.103. The van der Waals surface area contributed by atoms with Crippen molar-refractivity contribution >= 4 is 22.9 Å². The van der Waals surface area contributed by atoms with Crippen LogP contribution in [0.4, 0.5) is 5.69 Å². The molecule has 1 aromatic heterocycles. The van der Waals surface area contributed by atoms with Gasteiger partial charge in [-0.05, 0) is 60.7 Å². The third-order valence-corrected chi connectivity index (χ3v) is 5.20. The maximum absolute atomic E-state index is 12.5. The first-order chi connectivity index (χ1) is 14.2. The van der Waals surface area contributed by atoms with Crippen LogP contribution in [0.25, 0.3) is 10.6 Å². The number of nitrogens with one attached hydrogen (secondary N) is 1. The minimum atomic E-state index is -0.195. The van der Waals surface area contributed by atoms with Crippen LogP contribution < -0.4 is 14.8 Å². The molecule has 5 nitrogen and oxygen atoms in total. The molecular weight excluding hydrogens is 384 g/mol. The molecule has 144 valence electrons. The molecule has 0 atom stereocenters. The van der Waals surface area contributed by atoms with Crippen LogP contribution in [0.5, 0.6) is 17.2 Å². The first-order valence-corrected chi connectivity index (χ1v) is 9.77. The molecule has 0 aliphatic heterocycles. The quantitative estimate of drug-likeness (QED) is 0.439. The summed E-state index contributed by atoms with van der Waals surface area (Å²) in [6.45, 7) is 0. The van der Waals surface area contributed by atoms with E-state index in [0.29, 0.717) is 16.3 Å². The monoisotopic (exact) mass is 402 g/mol. The van der Waals surface area contributed by atoms with Crippen molar-refractivity contribution < 1.29 is 14.3 Å². The Morgan fingerprint density at radius 1 is 0.862 bits per heavy atom. The largest absolute Gasteiger partial charge is 0.497 e. The Bertz CT molecular complexity index is 1090. The number of hydrogen-bond acceptors (Lipinski definition) is 5. The van der Waals surface area contributed by atoms with Crippen molar-refractivity contribution in [1.29, 1.82) is 0 Å². The summed E-state index contributed by atoms with van der Waals surface area (Å²) < 4.78 is 10.9. The number of anilines is 1. The molecule has 4 aromatic rings. The summed E-state index contributed by atoms with van der Waals surface area (Å²) in [5.41, 5.74) is 1.63. The van der Waals surface area contributed by atoms with Crippen LogP contribution in [0.3, 0.4) is 0 Å². The number of aromatic nitrogens is 1. The summed E-state index contributed by atoms with van der Waals surface area (Å²) in [6, 6.07) is 24.4. The minimum Gasteiger partial charge on any atom is -0.497 e. The fraction of sp³-hybridized carbons (Fsp3) is 0.0435. The van der Waals surface area contributed by atoms with Gasteiger partial charge in [0.15, 0.2) is 0 Å². The Morgan fingerprint density at radius 2 is 1.52 bits per heavy atom. The summed E-state index contributed by atoms with van der Waals surface area (Å²) in [5, 5.41) is 3.67. The summed E-state index contributed by atoms with van der Waals surface area (Å²) in [4.78, 5) is 17.4. The van der Waals surface area contributed by atoms with Crippen LogP contribution >= 0.6 is 11.3 Å². The van der Waals surface area contributed by atoms with E-state index in [4.69, 9.17) is 9.47 Å². The predicted octanol–water partition coefficient (Wildman–Crippen LogP) is 5.86. The van der Waals surface area contributed by atoms with E-state index in [1.165, 1.54) is 11.3 Å². The van der Waals surface area contributed by atoms with Gasteiger partial charge in [-0.15, -0.1) is 11.3 Å². The number of nitrogens with zero attached hydrogens (tertiary/aromatic N) is 1. The number of benzene rings is 3. The zero-order valence-corrected chi connectivity index (χ0v) is 16.5. The van der Waals surface area contributed by atoms with E-state index in [1.54, 1.807) is 13.3 Å². The first-order valence-electron chi connectivity index (χ1n) is 8.96. The molecular formula is C23H18N2O3S. The summed E-state index contributed by atoms with van der Waals surface area (Å²) in [5.74, 6) is 2.05. The van der Waals surface area contributed by atoms with Gasteiger partial charge in [0.1, 0.15) is 27.1 Å². The summed E-state index contributed by atoms with van der Waals surface area (Å²) >= 11 is 1.34. The Labute approximate surface area is 172 Å². The van der Waals surface area contributed by atoms with Crippen LogP contribution in [0.2, 0.25) is 0 Å². The summed E-state index contributed by atoms with van der Waals surface area (Å²) in [7, 11) is 1.63. The van der Waals surface area contributed by atoms with Crippen LogP contribution in [0.1, 0.15) is 9.67 Å². The van der Waals surface area contributed by atoms with Crippen LogP contribution in [-0.2, 0) is 0 Å². The lowest BCUT2D eigenvalue weighted by atomic mass is 10.2. The standard InChI is InChI=1S/C23H18N2O3S/c1-27-18-11-7-16(8-12-18)23-24-15-21(29-23)22(26)25-17-9-13-20(14-10-17)28-19-5-3-2-4-6-19/h2-15H,1H3,(H,25,26). The van der Waals surface area contributed by atoms with Gasteiger partial charge in [-0.2, -0.15) is 0 Å². The molecule has 0 spiro atoms. The van der Waals surface area contributed by atoms with Gasteiger partial charge in [-0.3, -0.25) is 4.79 Å². The van der Waals surface area contributed by atoms with Crippen LogP contribution in [0, 0.1) is 0 Å². The molecule has 4 rings (SSSR count). The van der Waals surface area contributed by atoms with E-state index >= 15 is 0 Å². The van der Waals surface area contributed by atoms with Crippen molar-refractivity contribution in [1.82, 2.24) is 4.98 Å². The molecule has 6 heteroatoms. The number of methoxy groups -OCH3 is 1. The normalized spacial score (nSPS) is 10.4. The van der Waals surface area contributed by atoms with E-state index in [9.17, 15) is 4.79 Å². The highest BCUT2D eigenvalue weighted by Gasteiger charge is 2.12. The number of carbonyl (C=O) groups is 1. The van der Waals surface area contributed by atoms with Gasteiger partial charge in [0.05, 0.1) is 13.3 Å². The SMILES string of the molecule is COc1ccc(-c2ncc(C(=O)Nc3ccc(Oc4ccccc4)cc3)s2)cc1. The molecule has 0 unspecified atom stereocenters.